The Morgan fingerprint density at radius 1 is 1.54 bits per heavy atom. The molecule has 0 aromatic carbocycles. The number of hydrogen-bond donors (Lipinski definition) is 2. The third-order valence-electron chi connectivity index (χ3n) is 1.88. The van der Waals surface area contributed by atoms with Gasteiger partial charge in [-0.15, -0.1) is 6.42 Å². The molecule has 1 fully saturated rings. The molecular formula is C9H14O4. The fourth-order valence-corrected chi connectivity index (χ4v) is 1.37. The molecule has 0 aromatic heterocycles. The van der Waals surface area contributed by atoms with Crippen molar-refractivity contribution in [1.29, 1.82) is 0 Å². The molecule has 1 aliphatic heterocycles. The second kappa shape index (κ2) is 3.64. The van der Waals surface area contributed by atoms with Crippen molar-refractivity contribution in [3.05, 3.63) is 0 Å². The van der Waals surface area contributed by atoms with Crippen molar-refractivity contribution in [1.82, 2.24) is 0 Å². The van der Waals surface area contributed by atoms with Crippen LogP contribution >= 0.6 is 0 Å². The first-order valence-corrected chi connectivity index (χ1v) is 4.11. The molecule has 0 aromatic rings. The van der Waals surface area contributed by atoms with Crippen molar-refractivity contribution < 1.29 is 19.7 Å². The average Bonchev–Trinajstić information content (AvgIpc) is 2.39. The van der Waals surface area contributed by atoms with Crippen LogP contribution in [0.4, 0.5) is 0 Å². The van der Waals surface area contributed by atoms with Crippen molar-refractivity contribution in [2.24, 2.45) is 0 Å². The van der Waals surface area contributed by atoms with Gasteiger partial charge in [0.05, 0.1) is 6.61 Å². The van der Waals surface area contributed by atoms with Crippen LogP contribution in [0.25, 0.3) is 0 Å². The van der Waals surface area contributed by atoms with Gasteiger partial charge in [-0.05, 0) is 13.8 Å². The van der Waals surface area contributed by atoms with Crippen LogP contribution in [0.1, 0.15) is 13.8 Å². The van der Waals surface area contributed by atoms with Crippen LogP contribution in [0.15, 0.2) is 0 Å². The molecule has 0 saturated carbocycles. The molecule has 3 atom stereocenters. The van der Waals surface area contributed by atoms with Crippen molar-refractivity contribution >= 4 is 0 Å². The summed E-state index contributed by atoms with van der Waals surface area (Å²) in [6.45, 7) is 3.20. The number of aliphatic hydroxyl groups excluding tert-OH is 2. The monoisotopic (exact) mass is 186 g/mol. The molecule has 74 valence electrons. The van der Waals surface area contributed by atoms with Gasteiger partial charge >= 0.3 is 0 Å². The lowest BCUT2D eigenvalue weighted by Gasteiger charge is -2.17. The van der Waals surface area contributed by atoms with Crippen molar-refractivity contribution in [3.63, 3.8) is 0 Å². The third kappa shape index (κ3) is 2.20. The van der Waals surface area contributed by atoms with E-state index in [4.69, 9.17) is 21.0 Å². The summed E-state index contributed by atoms with van der Waals surface area (Å²) in [4.78, 5) is 0. The van der Waals surface area contributed by atoms with Crippen LogP contribution in [-0.4, -0.2) is 40.9 Å². The minimum absolute atomic E-state index is 0.215. The van der Waals surface area contributed by atoms with E-state index in [0.717, 1.165) is 0 Å². The highest BCUT2D eigenvalue weighted by Gasteiger charge is 2.43. The first-order valence-electron chi connectivity index (χ1n) is 4.11. The highest BCUT2D eigenvalue weighted by Crippen LogP contribution is 2.29. The van der Waals surface area contributed by atoms with E-state index in [0.29, 0.717) is 0 Å². The molecule has 0 radical (unpaired) electrons. The minimum atomic E-state index is -1.04. The molecule has 1 aliphatic rings. The zero-order valence-corrected chi connectivity index (χ0v) is 7.73. The summed E-state index contributed by atoms with van der Waals surface area (Å²) in [5.41, 5.74) is 0. The lowest BCUT2D eigenvalue weighted by Crippen LogP contribution is -2.36. The van der Waals surface area contributed by atoms with E-state index >= 15 is 0 Å². The van der Waals surface area contributed by atoms with Gasteiger partial charge in [0.15, 0.2) is 5.79 Å². The lowest BCUT2D eigenvalue weighted by atomic mass is 10.1. The molecule has 2 N–H and O–H groups in total. The molecular weight excluding hydrogens is 172 g/mol. The van der Waals surface area contributed by atoms with Crippen LogP contribution in [0.3, 0.4) is 0 Å². The maximum absolute atomic E-state index is 9.34. The summed E-state index contributed by atoms with van der Waals surface area (Å²) < 4.78 is 10.6. The normalized spacial score (nSPS) is 34.1. The van der Waals surface area contributed by atoms with Crippen LogP contribution in [0.2, 0.25) is 0 Å². The largest absolute Gasteiger partial charge is 0.394 e. The van der Waals surface area contributed by atoms with Gasteiger partial charge in [-0.2, -0.15) is 0 Å². The molecule has 0 amide bonds. The Hall–Kier alpha value is -0.600. The lowest BCUT2D eigenvalue weighted by molar-refractivity contribution is -0.154. The smallest absolute Gasteiger partial charge is 0.164 e. The van der Waals surface area contributed by atoms with Crippen molar-refractivity contribution in [2.75, 3.05) is 6.61 Å². The molecule has 13 heavy (non-hydrogen) atoms. The van der Waals surface area contributed by atoms with Crippen LogP contribution in [0.5, 0.6) is 0 Å². The second-order valence-corrected chi connectivity index (χ2v) is 3.43. The van der Waals surface area contributed by atoms with Crippen molar-refractivity contribution in [3.8, 4) is 12.3 Å². The Kier molecular flexibility index (Phi) is 2.94. The van der Waals surface area contributed by atoms with E-state index in [-0.39, 0.29) is 6.61 Å². The maximum Gasteiger partial charge on any atom is 0.164 e. The predicted molar refractivity (Wildman–Crippen MR) is 45.8 cm³/mol. The first-order chi connectivity index (χ1) is 6.00. The number of ether oxygens (including phenoxy) is 2. The molecule has 1 heterocycles. The van der Waals surface area contributed by atoms with E-state index in [2.05, 4.69) is 5.92 Å². The molecule has 4 nitrogen and oxygen atoms in total. The fraction of sp³-hybridized carbons (Fsp3) is 0.778. The van der Waals surface area contributed by atoms with E-state index in [1.807, 2.05) is 0 Å². The predicted octanol–water partition coefficient (Wildman–Crippen LogP) is -0.507. The summed E-state index contributed by atoms with van der Waals surface area (Å²) >= 11 is 0. The maximum atomic E-state index is 9.34. The van der Waals surface area contributed by atoms with Gasteiger partial charge < -0.3 is 19.7 Å². The van der Waals surface area contributed by atoms with Crippen LogP contribution in [-0.2, 0) is 9.47 Å². The quantitative estimate of drug-likeness (QED) is 0.570. The Bertz CT molecular complexity index is 218. The van der Waals surface area contributed by atoms with E-state index in [9.17, 15) is 5.11 Å². The summed E-state index contributed by atoms with van der Waals surface area (Å²) in [6, 6.07) is 0. The summed E-state index contributed by atoms with van der Waals surface area (Å²) in [7, 11) is 0. The molecule has 1 rings (SSSR count). The topological polar surface area (TPSA) is 58.9 Å². The summed E-state index contributed by atoms with van der Waals surface area (Å²) in [6.07, 6.45) is 2.79. The van der Waals surface area contributed by atoms with Crippen LogP contribution < -0.4 is 0 Å². The zero-order valence-electron chi connectivity index (χ0n) is 7.73. The number of rotatable bonds is 2. The van der Waals surface area contributed by atoms with E-state index in [1.54, 1.807) is 13.8 Å². The number of aliphatic hydroxyl groups is 2. The SMILES string of the molecule is C#C[C@@H](O)[C@H]1OC(C)(C)O[C@@H]1CO. The van der Waals surface area contributed by atoms with Gasteiger partial charge in [0.1, 0.15) is 18.3 Å². The van der Waals surface area contributed by atoms with Gasteiger partial charge in [0.2, 0.25) is 0 Å². The Balaban J connectivity index is 2.70. The molecule has 4 heteroatoms. The highest BCUT2D eigenvalue weighted by atomic mass is 16.8. The third-order valence-corrected chi connectivity index (χ3v) is 1.88. The van der Waals surface area contributed by atoms with Gasteiger partial charge in [-0.1, -0.05) is 5.92 Å². The molecule has 0 unspecified atom stereocenters. The summed E-state index contributed by atoms with van der Waals surface area (Å²) in [5.74, 6) is 1.35. The van der Waals surface area contributed by atoms with Gasteiger partial charge in [0.25, 0.3) is 0 Å². The average molecular weight is 186 g/mol. The Labute approximate surface area is 77.5 Å². The zero-order chi connectivity index (χ0) is 10.1. The standard InChI is InChI=1S/C9H14O4/c1-4-6(11)8-7(5-10)12-9(2,3)13-8/h1,6-8,10-11H,5H2,2-3H3/t6-,7-,8-/m1/s1. The van der Waals surface area contributed by atoms with Gasteiger partial charge in [0, 0.05) is 0 Å². The molecule has 1 saturated heterocycles. The van der Waals surface area contributed by atoms with Gasteiger partial charge in [-0.3, -0.25) is 0 Å². The Morgan fingerprint density at radius 3 is 2.62 bits per heavy atom. The molecule has 0 aliphatic carbocycles. The number of terminal acetylenes is 1. The van der Waals surface area contributed by atoms with Crippen LogP contribution in [0, 0.1) is 12.3 Å². The number of hydrogen-bond acceptors (Lipinski definition) is 4. The van der Waals surface area contributed by atoms with E-state index in [1.165, 1.54) is 0 Å². The van der Waals surface area contributed by atoms with Gasteiger partial charge in [-0.25, -0.2) is 0 Å². The summed E-state index contributed by atoms with van der Waals surface area (Å²) in [5, 5.41) is 18.3. The minimum Gasteiger partial charge on any atom is -0.394 e. The Morgan fingerprint density at radius 2 is 2.15 bits per heavy atom. The molecule has 0 spiro atoms. The van der Waals surface area contributed by atoms with E-state index < -0.39 is 24.1 Å². The fourth-order valence-electron chi connectivity index (χ4n) is 1.37. The highest BCUT2D eigenvalue weighted by molar-refractivity contribution is 5.02. The first kappa shape index (κ1) is 10.5. The second-order valence-electron chi connectivity index (χ2n) is 3.43. The molecule has 0 bridgehead atoms. The van der Waals surface area contributed by atoms with Crippen molar-refractivity contribution in [2.45, 2.75) is 37.9 Å².